The summed E-state index contributed by atoms with van der Waals surface area (Å²) in [5.41, 5.74) is 3.15. The molecule has 4 aromatic rings. The Morgan fingerprint density at radius 1 is 1.14 bits per heavy atom. The highest BCUT2D eigenvalue weighted by Gasteiger charge is 2.35. The maximum absolute atomic E-state index is 12.9. The van der Waals surface area contributed by atoms with Crippen LogP contribution in [0.25, 0.3) is 21.8 Å². The van der Waals surface area contributed by atoms with E-state index in [4.69, 9.17) is 0 Å². The van der Waals surface area contributed by atoms with Crippen molar-refractivity contribution in [2.24, 2.45) is 0 Å². The van der Waals surface area contributed by atoms with E-state index in [2.05, 4.69) is 20.5 Å². The molecule has 3 N–H and O–H groups in total. The zero-order valence-electron chi connectivity index (χ0n) is 15.5. The minimum Gasteiger partial charge on any atom is -0.395 e. The smallest absolute Gasteiger partial charge is 0.185 e. The number of nitrogens with one attached hydrogen (secondary N) is 2. The van der Waals surface area contributed by atoms with E-state index in [0.717, 1.165) is 22.3 Å². The zero-order valence-corrected chi connectivity index (χ0v) is 16.3. The molecule has 4 rings (SSSR count). The van der Waals surface area contributed by atoms with Crippen molar-refractivity contribution in [3.8, 4) is 0 Å². The number of nitrogens with zero attached hydrogens (tertiary/aromatic N) is 2. The van der Waals surface area contributed by atoms with E-state index in [-0.39, 0.29) is 4.90 Å². The van der Waals surface area contributed by atoms with Gasteiger partial charge in [0, 0.05) is 28.3 Å². The number of anilines is 2. The third-order valence-electron chi connectivity index (χ3n) is 4.85. The van der Waals surface area contributed by atoms with Gasteiger partial charge in [0.25, 0.3) is 0 Å². The van der Waals surface area contributed by atoms with Crippen LogP contribution in [-0.2, 0) is 9.84 Å². The molecule has 0 spiro atoms. The number of aliphatic hydroxyl groups excluding tert-OH is 1. The van der Waals surface area contributed by atoms with Gasteiger partial charge in [-0.1, -0.05) is 0 Å². The lowest BCUT2D eigenvalue weighted by atomic mass is 10.1. The van der Waals surface area contributed by atoms with Gasteiger partial charge in [-0.3, -0.25) is 10.1 Å². The lowest BCUT2D eigenvalue weighted by molar-refractivity contribution is 0.258. The molecule has 0 aliphatic rings. The van der Waals surface area contributed by atoms with Crippen LogP contribution in [0.3, 0.4) is 0 Å². The number of rotatable bonds is 5. The standard InChI is InChI=1S/C20H20N4O3S/c1-20(2,12-25)28(26,27)15-5-6-17-16(10-15)18(7-8-21-17)23-14-4-3-13-11-22-24-19(13)9-14/h3-11,25H,12H2,1-2H3,(H,21,23)(H,22,24). The molecule has 0 aliphatic carbocycles. The molecule has 0 radical (unpaired) electrons. The Kier molecular flexibility index (Phi) is 4.32. The topological polar surface area (TPSA) is 108 Å². The SMILES string of the molecule is CC(C)(CO)S(=O)(=O)c1ccc2nccc(Nc3ccc4cn[nH]c4c3)c2c1. The minimum absolute atomic E-state index is 0.152. The summed E-state index contributed by atoms with van der Waals surface area (Å²) in [7, 11) is -3.71. The average molecular weight is 396 g/mol. The van der Waals surface area contributed by atoms with Crippen molar-refractivity contribution in [1.82, 2.24) is 15.2 Å². The number of sulfone groups is 1. The zero-order chi connectivity index (χ0) is 19.9. The first kappa shape index (κ1) is 18.4. The van der Waals surface area contributed by atoms with E-state index in [1.165, 1.54) is 19.9 Å². The molecular formula is C20H20N4O3S. The second-order valence-corrected chi connectivity index (χ2v) is 9.84. The first-order chi connectivity index (χ1) is 13.3. The molecular weight excluding hydrogens is 376 g/mol. The highest BCUT2D eigenvalue weighted by atomic mass is 32.2. The highest BCUT2D eigenvalue weighted by Crippen LogP contribution is 2.31. The molecule has 0 aliphatic heterocycles. The van der Waals surface area contributed by atoms with Crippen LogP contribution in [0.1, 0.15) is 13.8 Å². The number of aromatic nitrogens is 3. The van der Waals surface area contributed by atoms with E-state index < -0.39 is 21.2 Å². The van der Waals surface area contributed by atoms with Gasteiger partial charge in [-0.25, -0.2) is 8.42 Å². The normalized spacial score (nSPS) is 12.5. The van der Waals surface area contributed by atoms with Crippen LogP contribution in [0, 0.1) is 0 Å². The van der Waals surface area contributed by atoms with Crippen LogP contribution in [0.4, 0.5) is 11.4 Å². The van der Waals surface area contributed by atoms with Gasteiger partial charge >= 0.3 is 0 Å². The first-order valence-corrected chi connectivity index (χ1v) is 10.2. The van der Waals surface area contributed by atoms with Gasteiger partial charge in [0.05, 0.1) is 33.5 Å². The second kappa shape index (κ2) is 6.57. The van der Waals surface area contributed by atoms with Crippen LogP contribution in [0.2, 0.25) is 0 Å². The lowest BCUT2D eigenvalue weighted by Gasteiger charge is -2.22. The second-order valence-electron chi connectivity index (χ2n) is 7.26. The van der Waals surface area contributed by atoms with E-state index in [1.807, 2.05) is 18.2 Å². The summed E-state index contributed by atoms with van der Waals surface area (Å²) in [6.07, 6.45) is 3.42. The third-order valence-corrected chi connectivity index (χ3v) is 7.31. The molecule has 2 aromatic carbocycles. The Balaban J connectivity index is 1.80. The largest absolute Gasteiger partial charge is 0.395 e. The fourth-order valence-corrected chi connectivity index (χ4v) is 4.30. The van der Waals surface area contributed by atoms with Crippen LogP contribution >= 0.6 is 0 Å². The van der Waals surface area contributed by atoms with Gasteiger partial charge in [0.15, 0.2) is 9.84 Å². The molecule has 144 valence electrons. The summed E-state index contributed by atoms with van der Waals surface area (Å²) in [6.45, 7) is 2.55. The number of hydrogen-bond acceptors (Lipinski definition) is 6. The van der Waals surface area contributed by atoms with Crippen molar-refractivity contribution in [3.63, 3.8) is 0 Å². The maximum atomic E-state index is 12.9. The number of fused-ring (bicyclic) bond motifs is 2. The molecule has 0 saturated heterocycles. The average Bonchev–Trinajstić information content (AvgIpc) is 3.15. The molecule has 2 aromatic heterocycles. The summed E-state index contributed by atoms with van der Waals surface area (Å²) in [6, 6.07) is 12.4. The fourth-order valence-electron chi connectivity index (χ4n) is 2.98. The molecule has 0 unspecified atom stereocenters. The van der Waals surface area contributed by atoms with Crippen LogP contribution in [-0.4, -0.2) is 40.1 Å². The number of aromatic amines is 1. The van der Waals surface area contributed by atoms with Crippen LogP contribution in [0.15, 0.2) is 59.8 Å². The van der Waals surface area contributed by atoms with E-state index >= 15 is 0 Å². The first-order valence-electron chi connectivity index (χ1n) is 8.76. The molecule has 0 amide bonds. The minimum atomic E-state index is -3.71. The Morgan fingerprint density at radius 2 is 1.96 bits per heavy atom. The summed E-state index contributed by atoms with van der Waals surface area (Å²) >= 11 is 0. The van der Waals surface area contributed by atoms with Gasteiger partial charge in [0.2, 0.25) is 0 Å². The molecule has 28 heavy (non-hydrogen) atoms. The van der Waals surface area contributed by atoms with Crippen molar-refractivity contribution in [3.05, 3.63) is 54.9 Å². The number of H-pyrrole nitrogens is 1. The molecule has 8 heteroatoms. The summed E-state index contributed by atoms with van der Waals surface area (Å²) in [4.78, 5) is 4.48. The van der Waals surface area contributed by atoms with Crippen molar-refractivity contribution in [2.75, 3.05) is 11.9 Å². The van der Waals surface area contributed by atoms with Crippen molar-refractivity contribution in [2.45, 2.75) is 23.5 Å². The van der Waals surface area contributed by atoms with E-state index in [1.54, 1.807) is 30.6 Å². The van der Waals surface area contributed by atoms with Gasteiger partial charge in [-0.15, -0.1) is 0 Å². The highest BCUT2D eigenvalue weighted by molar-refractivity contribution is 7.92. The van der Waals surface area contributed by atoms with Crippen molar-refractivity contribution in [1.29, 1.82) is 0 Å². The molecule has 0 atom stereocenters. The van der Waals surface area contributed by atoms with E-state index in [9.17, 15) is 13.5 Å². The number of pyridine rings is 1. The summed E-state index contributed by atoms with van der Waals surface area (Å²) in [5, 5.41) is 21.5. The third kappa shape index (κ3) is 3.00. The van der Waals surface area contributed by atoms with Crippen LogP contribution in [0.5, 0.6) is 0 Å². The number of aliphatic hydroxyl groups is 1. The monoisotopic (exact) mass is 396 g/mol. The molecule has 7 nitrogen and oxygen atoms in total. The molecule has 0 fully saturated rings. The van der Waals surface area contributed by atoms with Gasteiger partial charge in [-0.2, -0.15) is 5.10 Å². The lowest BCUT2D eigenvalue weighted by Crippen LogP contribution is -2.35. The Labute approximate surface area is 162 Å². The predicted octanol–water partition coefficient (Wildman–Crippen LogP) is 3.40. The van der Waals surface area contributed by atoms with Gasteiger partial charge < -0.3 is 10.4 Å². The maximum Gasteiger partial charge on any atom is 0.185 e. The quantitative estimate of drug-likeness (QED) is 0.477. The molecule has 0 saturated carbocycles. The fraction of sp³-hybridized carbons (Fsp3) is 0.200. The van der Waals surface area contributed by atoms with Gasteiger partial charge in [-0.05, 0) is 56.3 Å². The van der Waals surface area contributed by atoms with Gasteiger partial charge in [0.1, 0.15) is 0 Å². The van der Waals surface area contributed by atoms with Crippen LogP contribution < -0.4 is 5.32 Å². The summed E-state index contributed by atoms with van der Waals surface area (Å²) < 4.78 is 24.5. The summed E-state index contributed by atoms with van der Waals surface area (Å²) in [5.74, 6) is 0. The number of hydrogen-bond donors (Lipinski definition) is 3. The molecule has 2 heterocycles. The molecule has 0 bridgehead atoms. The van der Waals surface area contributed by atoms with Crippen molar-refractivity contribution < 1.29 is 13.5 Å². The Hall–Kier alpha value is -2.97. The van der Waals surface area contributed by atoms with Crippen molar-refractivity contribution >= 4 is 43.0 Å². The number of benzene rings is 2. The predicted molar refractivity (Wildman–Crippen MR) is 109 cm³/mol. The Bertz CT molecular complexity index is 1280. The van der Waals surface area contributed by atoms with E-state index in [0.29, 0.717) is 10.9 Å². The Morgan fingerprint density at radius 3 is 2.75 bits per heavy atom.